The van der Waals surface area contributed by atoms with Crippen molar-refractivity contribution in [2.24, 2.45) is 10.2 Å². The molecule has 3 N–H and O–H groups in total. The molecule has 0 aliphatic rings. The van der Waals surface area contributed by atoms with Gasteiger partial charge in [-0.25, -0.2) is 0 Å². The highest BCUT2D eigenvalue weighted by molar-refractivity contribution is 7.86. The molecule has 0 aliphatic carbocycles. The lowest BCUT2D eigenvalue weighted by Gasteiger charge is -2.14. The largest absolute Gasteiger partial charge is 0.505 e. The minimum absolute atomic E-state index is 0.00644. The summed E-state index contributed by atoms with van der Waals surface area (Å²) >= 11 is 0. The van der Waals surface area contributed by atoms with Crippen molar-refractivity contribution in [3.05, 3.63) is 59.7 Å². The highest BCUT2D eigenvalue weighted by atomic mass is 32.2. The number of ether oxygens (including phenoxy) is 1. The summed E-state index contributed by atoms with van der Waals surface area (Å²) in [5.41, 5.74) is 0.356. The van der Waals surface area contributed by atoms with Crippen LogP contribution in [0.15, 0.2) is 63.7 Å². The number of phenols is 2. The molecule has 0 aromatic heterocycles. The van der Waals surface area contributed by atoms with Crippen molar-refractivity contribution < 1.29 is 32.7 Å². The van der Waals surface area contributed by atoms with E-state index in [1.54, 1.807) is 43.3 Å². The van der Waals surface area contributed by atoms with Crippen molar-refractivity contribution in [2.45, 2.75) is 18.7 Å². The van der Waals surface area contributed by atoms with Crippen LogP contribution in [0.5, 0.6) is 17.2 Å². The lowest BCUT2D eigenvalue weighted by molar-refractivity contribution is -0.120. The highest BCUT2D eigenvalue weighted by Crippen LogP contribution is 2.48. The van der Waals surface area contributed by atoms with Gasteiger partial charge in [0.2, 0.25) is 0 Å². The Hall–Kier alpha value is -4.02. The van der Waals surface area contributed by atoms with Crippen molar-refractivity contribution in [3.63, 3.8) is 0 Å². The van der Waals surface area contributed by atoms with E-state index in [9.17, 15) is 28.0 Å². The second kappa shape index (κ2) is 8.15. The maximum Gasteiger partial charge on any atom is 0.298 e. The van der Waals surface area contributed by atoms with Crippen LogP contribution < -0.4 is 4.74 Å². The Balaban J connectivity index is 2.03. The van der Waals surface area contributed by atoms with E-state index in [-0.39, 0.29) is 39.9 Å². The smallest absolute Gasteiger partial charge is 0.298 e. The molecule has 0 bridgehead atoms. The molecule has 0 fully saturated rings. The van der Waals surface area contributed by atoms with Gasteiger partial charge in [-0.3, -0.25) is 9.35 Å². The number of carbonyl (C=O) groups is 1. The number of fused-ring (bicyclic) bond motifs is 2. The molecule has 4 aromatic carbocycles. The molecule has 0 spiro atoms. The van der Waals surface area contributed by atoms with Gasteiger partial charge in [-0.1, -0.05) is 48.5 Å². The first-order chi connectivity index (χ1) is 15.7. The number of nitrogens with zero attached hydrogens (tertiary/aromatic N) is 2. The van der Waals surface area contributed by atoms with E-state index in [0.717, 1.165) is 0 Å². The number of azo groups is 1. The number of rotatable bonds is 5. The van der Waals surface area contributed by atoms with Crippen LogP contribution in [0, 0.1) is 13.8 Å². The number of phenolic OH excluding ortho intramolecular Hbond substituents is 2. The van der Waals surface area contributed by atoms with Gasteiger partial charge in [0, 0.05) is 27.3 Å². The number of carbonyl (C=O) groups excluding carboxylic acids is 1. The molecule has 0 radical (unpaired) electrons. The number of aryl methyl sites for hydroxylation is 1. The van der Waals surface area contributed by atoms with E-state index in [0.29, 0.717) is 16.3 Å². The van der Waals surface area contributed by atoms with Crippen molar-refractivity contribution in [1.29, 1.82) is 0 Å². The van der Waals surface area contributed by atoms with Crippen molar-refractivity contribution in [1.82, 2.24) is 0 Å². The standard InChI is InChI=1S/C23H18N2O7S/c1-12-14-7-3-4-8-15(14)19(21(28)22(12)32-11-26)25-24-18-16-9-5-6-10-17(16)23(33(29,30)31)13(2)20(18)27/h3-11,27-28H,1-2H3,(H,29,30,31). The maximum atomic E-state index is 11.9. The van der Waals surface area contributed by atoms with Gasteiger partial charge in [0.05, 0.1) is 0 Å². The quantitative estimate of drug-likeness (QED) is 0.208. The minimum atomic E-state index is -4.64. The van der Waals surface area contributed by atoms with Gasteiger partial charge in [0.15, 0.2) is 11.5 Å². The summed E-state index contributed by atoms with van der Waals surface area (Å²) in [7, 11) is -4.64. The Morgan fingerprint density at radius 1 is 0.788 bits per heavy atom. The van der Waals surface area contributed by atoms with Crippen LogP contribution in [-0.4, -0.2) is 29.7 Å². The second-order valence-electron chi connectivity index (χ2n) is 7.28. The molecule has 0 unspecified atom stereocenters. The van der Waals surface area contributed by atoms with Crippen LogP contribution in [0.3, 0.4) is 0 Å². The fourth-order valence-electron chi connectivity index (χ4n) is 3.88. The van der Waals surface area contributed by atoms with Crippen molar-refractivity contribution >= 4 is 49.5 Å². The van der Waals surface area contributed by atoms with Gasteiger partial charge in [0.25, 0.3) is 16.6 Å². The highest BCUT2D eigenvalue weighted by Gasteiger charge is 2.24. The molecule has 9 nitrogen and oxygen atoms in total. The average Bonchev–Trinajstić information content (AvgIpc) is 2.78. The Labute approximate surface area is 188 Å². The molecule has 0 saturated heterocycles. The monoisotopic (exact) mass is 466 g/mol. The van der Waals surface area contributed by atoms with Gasteiger partial charge in [-0.15, -0.1) is 10.2 Å². The molecule has 10 heteroatoms. The third kappa shape index (κ3) is 3.65. The van der Waals surface area contributed by atoms with Crippen molar-refractivity contribution in [3.8, 4) is 17.2 Å². The zero-order valence-electron chi connectivity index (χ0n) is 17.5. The molecule has 0 atom stereocenters. The van der Waals surface area contributed by atoms with Crippen LogP contribution in [-0.2, 0) is 14.9 Å². The SMILES string of the molecule is Cc1c(O)c(N=Nc2c(O)c(OC=O)c(C)c3ccccc23)c2ccccc2c1S(=O)(=O)O. The maximum absolute atomic E-state index is 11.9. The van der Waals surface area contributed by atoms with E-state index in [1.807, 2.05) is 0 Å². The summed E-state index contributed by atoms with van der Waals surface area (Å²) in [6.07, 6.45) is 0. The molecule has 4 rings (SSSR count). The summed E-state index contributed by atoms with van der Waals surface area (Å²) in [6.45, 7) is 3.20. The number of benzene rings is 4. The number of aromatic hydroxyl groups is 2. The molecular weight excluding hydrogens is 448 g/mol. The lowest BCUT2D eigenvalue weighted by Crippen LogP contribution is -2.02. The summed E-state index contributed by atoms with van der Waals surface area (Å²) < 4.78 is 38.5. The topological polar surface area (TPSA) is 146 Å². The molecule has 33 heavy (non-hydrogen) atoms. The van der Waals surface area contributed by atoms with Gasteiger partial charge in [-0.05, 0) is 19.2 Å². The third-order valence-electron chi connectivity index (χ3n) is 5.39. The number of hydrogen-bond acceptors (Lipinski definition) is 8. The second-order valence-corrected chi connectivity index (χ2v) is 8.64. The summed E-state index contributed by atoms with van der Waals surface area (Å²) in [5.74, 6) is -0.993. The Kier molecular flexibility index (Phi) is 5.48. The Morgan fingerprint density at radius 2 is 1.27 bits per heavy atom. The van der Waals surface area contributed by atoms with Crippen LogP contribution in [0.2, 0.25) is 0 Å². The molecule has 4 aromatic rings. The predicted molar refractivity (Wildman–Crippen MR) is 121 cm³/mol. The van der Waals surface area contributed by atoms with E-state index in [2.05, 4.69) is 10.2 Å². The van der Waals surface area contributed by atoms with Crippen LogP contribution in [0.4, 0.5) is 11.4 Å². The fraction of sp³-hybridized carbons (Fsp3) is 0.0870. The fourth-order valence-corrected chi connectivity index (χ4v) is 4.82. The first kappa shape index (κ1) is 22.2. The van der Waals surface area contributed by atoms with Crippen LogP contribution in [0.1, 0.15) is 11.1 Å². The predicted octanol–water partition coefficient (Wildman–Crippen LogP) is 5.22. The van der Waals surface area contributed by atoms with E-state index in [4.69, 9.17) is 4.74 Å². The third-order valence-corrected chi connectivity index (χ3v) is 6.43. The first-order valence-electron chi connectivity index (χ1n) is 9.64. The number of hydrogen-bond donors (Lipinski definition) is 3. The first-order valence-corrected chi connectivity index (χ1v) is 11.1. The Bertz CT molecular complexity index is 1580. The van der Waals surface area contributed by atoms with Gasteiger partial charge >= 0.3 is 0 Å². The summed E-state index contributed by atoms with van der Waals surface area (Å²) in [5, 5.41) is 31.3. The zero-order chi connectivity index (χ0) is 23.9. The van der Waals surface area contributed by atoms with Gasteiger partial charge in [0.1, 0.15) is 22.0 Å². The van der Waals surface area contributed by atoms with Crippen molar-refractivity contribution in [2.75, 3.05) is 0 Å². The molecular formula is C23H18N2O7S. The van der Waals surface area contributed by atoms with Gasteiger partial charge < -0.3 is 14.9 Å². The summed E-state index contributed by atoms with van der Waals surface area (Å²) in [4.78, 5) is 10.5. The summed E-state index contributed by atoms with van der Waals surface area (Å²) in [6, 6.07) is 13.2. The van der Waals surface area contributed by atoms with Crippen LogP contribution >= 0.6 is 0 Å². The zero-order valence-corrected chi connectivity index (χ0v) is 18.3. The van der Waals surface area contributed by atoms with E-state index >= 15 is 0 Å². The molecule has 0 saturated carbocycles. The molecule has 0 heterocycles. The van der Waals surface area contributed by atoms with E-state index < -0.39 is 26.5 Å². The average molecular weight is 466 g/mol. The van der Waals surface area contributed by atoms with Crippen LogP contribution in [0.25, 0.3) is 21.5 Å². The van der Waals surface area contributed by atoms with Gasteiger partial charge in [-0.2, -0.15) is 8.42 Å². The van der Waals surface area contributed by atoms with E-state index in [1.165, 1.54) is 19.1 Å². The molecule has 0 amide bonds. The normalized spacial score (nSPS) is 12.0. The Morgan fingerprint density at radius 3 is 1.82 bits per heavy atom. The molecule has 168 valence electrons. The lowest BCUT2D eigenvalue weighted by atomic mass is 10.0. The minimum Gasteiger partial charge on any atom is -0.505 e. The molecule has 0 aliphatic heterocycles.